The molecule has 0 aromatic carbocycles. The molecule has 0 radical (unpaired) electrons. The van der Waals surface area contributed by atoms with E-state index in [-0.39, 0.29) is 0 Å². The minimum atomic E-state index is 0.628. The summed E-state index contributed by atoms with van der Waals surface area (Å²) in [6.45, 7) is 21.2. The van der Waals surface area contributed by atoms with Crippen molar-refractivity contribution >= 4 is 0 Å². The summed E-state index contributed by atoms with van der Waals surface area (Å²) in [6.07, 6.45) is 31.4. The molecule has 0 aromatic heterocycles. The highest BCUT2D eigenvalue weighted by Crippen LogP contribution is 2.79. The van der Waals surface area contributed by atoms with Gasteiger partial charge in [-0.25, -0.2) is 0 Å². The van der Waals surface area contributed by atoms with Crippen molar-refractivity contribution in [1.29, 1.82) is 0 Å². The van der Waals surface area contributed by atoms with Gasteiger partial charge < -0.3 is 0 Å². The standard InChI is InChI=1S/C49H84/c1-9-31(10-2)35-26-41(32(11-3)12-4)48(30(7)8)49(28-35)43-24-22-34-25-42-36-18-14-13-17-33(36)21-23-39(42)45(34)47(43)46-38-20-16-15-19-37(38)40(29(5)6)27-44(46)49/h29-48H,9-28H2,1-8H3. The molecule has 0 heteroatoms. The zero-order valence-electron chi connectivity index (χ0n) is 34.2. The second-order valence-electron chi connectivity index (χ2n) is 21.8. The molecule has 0 aliphatic heterocycles. The van der Waals surface area contributed by atoms with Crippen LogP contribution in [0.2, 0.25) is 0 Å². The molecule has 0 bridgehead atoms. The van der Waals surface area contributed by atoms with E-state index in [0.29, 0.717) is 5.41 Å². The quantitative estimate of drug-likeness (QED) is 0.241. The summed E-state index contributed by atoms with van der Waals surface area (Å²) < 4.78 is 0. The molecule has 8 fully saturated rings. The molecule has 49 heavy (non-hydrogen) atoms. The van der Waals surface area contributed by atoms with Crippen molar-refractivity contribution < 1.29 is 0 Å². The molecule has 0 nitrogen and oxygen atoms in total. The summed E-state index contributed by atoms with van der Waals surface area (Å²) in [5, 5.41) is 0. The van der Waals surface area contributed by atoms with Gasteiger partial charge in [-0.2, -0.15) is 0 Å². The fraction of sp³-hybridized carbons (Fsp3) is 1.00. The van der Waals surface area contributed by atoms with E-state index in [2.05, 4.69) is 55.4 Å². The molecular formula is C49H84. The van der Waals surface area contributed by atoms with Gasteiger partial charge in [0.15, 0.2) is 0 Å². The van der Waals surface area contributed by atoms with Crippen molar-refractivity contribution in [3.63, 3.8) is 0 Å². The summed E-state index contributed by atoms with van der Waals surface area (Å²) >= 11 is 0. The molecule has 0 heterocycles. The Labute approximate surface area is 306 Å². The van der Waals surface area contributed by atoms with Crippen LogP contribution < -0.4 is 0 Å². The highest BCUT2D eigenvalue weighted by molar-refractivity contribution is 5.21. The second kappa shape index (κ2) is 14.3. The third-order valence-corrected chi connectivity index (χ3v) is 20.3. The van der Waals surface area contributed by atoms with Gasteiger partial charge in [0.05, 0.1) is 0 Å². The van der Waals surface area contributed by atoms with Gasteiger partial charge in [-0.3, -0.25) is 0 Å². The van der Waals surface area contributed by atoms with Crippen molar-refractivity contribution in [3.8, 4) is 0 Å². The smallest absolute Gasteiger partial charge is 0.0199 e. The van der Waals surface area contributed by atoms with Crippen molar-refractivity contribution in [1.82, 2.24) is 0 Å². The Kier molecular flexibility index (Phi) is 10.5. The Morgan fingerprint density at radius 2 is 1.10 bits per heavy atom. The van der Waals surface area contributed by atoms with E-state index < -0.39 is 0 Å². The molecule has 17 atom stereocenters. The first-order chi connectivity index (χ1) is 23.8. The van der Waals surface area contributed by atoms with Gasteiger partial charge in [0.25, 0.3) is 0 Å². The molecule has 0 amide bonds. The fourth-order valence-electron chi connectivity index (χ4n) is 19.2. The van der Waals surface area contributed by atoms with Crippen LogP contribution in [0.5, 0.6) is 0 Å². The topological polar surface area (TPSA) is 0 Å². The van der Waals surface area contributed by atoms with Crippen LogP contribution in [0, 0.1) is 124 Å². The normalized spacial score (nSPS) is 50.7. The van der Waals surface area contributed by atoms with Crippen LogP contribution in [0.3, 0.4) is 0 Å². The maximum absolute atomic E-state index is 2.76. The van der Waals surface area contributed by atoms with Crippen molar-refractivity contribution in [2.75, 3.05) is 0 Å². The SMILES string of the molecule is CCC(CC)C1CC(C(CC)CC)C(C(C)C)C2(C1)C1CC(C(C)C)C3CCCCC3C1C1C3C(CCC12)CC1C2CCCCC2CCC13. The molecule has 8 aliphatic carbocycles. The molecule has 1 spiro atoms. The van der Waals surface area contributed by atoms with E-state index in [9.17, 15) is 0 Å². The van der Waals surface area contributed by atoms with Crippen LogP contribution in [0.15, 0.2) is 0 Å². The van der Waals surface area contributed by atoms with Crippen LogP contribution in [-0.2, 0) is 0 Å². The summed E-state index contributed by atoms with van der Waals surface area (Å²) in [6, 6.07) is 0. The summed E-state index contributed by atoms with van der Waals surface area (Å²) in [7, 11) is 0. The summed E-state index contributed by atoms with van der Waals surface area (Å²) in [5.41, 5.74) is 0.628. The summed E-state index contributed by atoms with van der Waals surface area (Å²) in [5.74, 6) is 20.7. The second-order valence-corrected chi connectivity index (χ2v) is 21.8. The van der Waals surface area contributed by atoms with Gasteiger partial charge in [0, 0.05) is 0 Å². The Balaban J connectivity index is 1.29. The lowest BCUT2D eigenvalue weighted by atomic mass is 9.43. The van der Waals surface area contributed by atoms with Gasteiger partial charge in [-0.1, -0.05) is 113 Å². The fourth-order valence-corrected chi connectivity index (χ4v) is 19.2. The summed E-state index contributed by atoms with van der Waals surface area (Å²) in [4.78, 5) is 0. The van der Waals surface area contributed by atoms with Gasteiger partial charge >= 0.3 is 0 Å². The average Bonchev–Trinajstić information content (AvgIpc) is 3.62. The zero-order valence-corrected chi connectivity index (χ0v) is 34.2. The zero-order chi connectivity index (χ0) is 34.2. The van der Waals surface area contributed by atoms with E-state index in [1.807, 2.05) is 0 Å². The van der Waals surface area contributed by atoms with E-state index in [1.54, 1.807) is 103 Å². The molecule has 17 unspecified atom stereocenters. The Morgan fingerprint density at radius 3 is 1.78 bits per heavy atom. The van der Waals surface area contributed by atoms with Gasteiger partial charge in [0.2, 0.25) is 0 Å². The molecular weight excluding hydrogens is 589 g/mol. The van der Waals surface area contributed by atoms with Gasteiger partial charge in [0.1, 0.15) is 0 Å². The van der Waals surface area contributed by atoms with Crippen molar-refractivity contribution in [2.45, 2.75) is 184 Å². The molecule has 280 valence electrons. The maximum Gasteiger partial charge on any atom is -0.0199 e. The van der Waals surface area contributed by atoms with Crippen molar-refractivity contribution in [2.24, 2.45) is 124 Å². The van der Waals surface area contributed by atoms with Crippen LogP contribution in [0.4, 0.5) is 0 Å². The molecule has 0 saturated heterocycles. The average molecular weight is 673 g/mol. The Morgan fingerprint density at radius 1 is 0.469 bits per heavy atom. The minimum absolute atomic E-state index is 0.628. The lowest BCUT2D eigenvalue weighted by molar-refractivity contribution is -0.138. The number of hydrogen-bond donors (Lipinski definition) is 0. The number of rotatable bonds is 8. The molecule has 0 aromatic rings. The predicted molar refractivity (Wildman–Crippen MR) is 210 cm³/mol. The Bertz CT molecular complexity index is 1090. The van der Waals surface area contributed by atoms with E-state index >= 15 is 0 Å². The third kappa shape index (κ3) is 5.57. The van der Waals surface area contributed by atoms with E-state index in [0.717, 1.165) is 118 Å². The number of hydrogen-bond acceptors (Lipinski definition) is 0. The Hall–Kier alpha value is 0. The first-order valence-electron chi connectivity index (χ1n) is 23.8. The van der Waals surface area contributed by atoms with E-state index in [1.165, 1.54) is 25.7 Å². The minimum Gasteiger partial charge on any atom is -0.0651 e. The monoisotopic (exact) mass is 673 g/mol. The first-order valence-corrected chi connectivity index (χ1v) is 23.8. The molecule has 0 N–H and O–H groups in total. The van der Waals surface area contributed by atoms with Crippen LogP contribution in [-0.4, -0.2) is 0 Å². The lowest BCUT2D eigenvalue weighted by Gasteiger charge is -2.62. The molecule has 8 saturated carbocycles. The molecule has 8 rings (SSSR count). The highest BCUT2D eigenvalue weighted by Gasteiger charge is 2.73. The highest BCUT2D eigenvalue weighted by atomic mass is 14.8. The maximum atomic E-state index is 2.76. The van der Waals surface area contributed by atoms with Gasteiger partial charge in [-0.05, 0) is 194 Å². The van der Waals surface area contributed by atoms with Crippen LogP contribution in [0.1, 0.15) is 184 Å². The van der Waals surface area contributed by atoms with Gasteiger partial charge in [-0.15, -0.1) is 0 Å². The first kappa shape index (κ1) is 36.0. The van der Waals surface area contributed by atoms with E-state index in [4.69, 9.17) is 0 Å². The van der Waals surface area contributed by atoms with Crippen LogP contribution in [0.25, 0.3) is 0 Å². The third-order valence-electron chi connectivity index (χ3n) is 20.3. The lowest BCUT2D eigenvalue weighted by Crippen LogP contribution is -2.56. The predicted octanol–water partition coefficient (Wildman–Crippen LogP) is 14.4. The van der Waals surface area contributed by atoms with Crippen LogP contribution >= 0.6 is 0 Å². The molecule has 8 aliphatic rings. The van der Waals surface area contributed by atoms with Crippen molar-refractivity contribution in [3.05, 3.63) is 0 Å². The largest absolute Gasteiger partial charge is 0.0651 e. The number of fused-ring (bicyclic) bond motifs is 13.